The van der Waals surface area contributed by atoms with Gasteiger partial charge in [-0.3, -0.25) is 9.69 Å². The van der Waals surface area contributed by atoms with Gasteiger partial charge in [-0.25, -0.2) is 4.39 Å². The van der Waals surface area contributed by atoms with E-state index in [1.807, 2.05) is 6.92 Å². The lowest BCUT2D eigenvalue weighted by Gasteiger charge is -2.32. The van der Waals surface area contributed by atoms with Gasteiger partial charge >= 0.3 is 0 Å². The largest absolute Gasteiger partial charge is 0.353 e. The van der Waals surface area contributed by atoms with Crippen molar-refractivity contribution in [3.63, 3.8) is 0 Å². The first kappa shape index (κ1) is 18.2. The Morgan fingerprint density at radius 1 is 1.35 bits per heavy atom. The van der Waals surface area contributed by atoms with Crippen LogP contribution in [0.3, 0.4) is 0 Å². The predicted molar refractivity (Wildman–Crippen MR) is 91.9 cm³/mol. The second-order valence-electron chi connectivity index (χ2n) is 6.79. The highest BCUT2D eigenvalue weighted by Gasteiger charge is 2.26. The molecular formula is C18H26ClFN2O. The van der Waals surface area contributed by atoms with Crippen LogP contribution in [0.1, 0.15) is 39.2 Å². The molecule has 0 saturated carbocycles. The molecule has 0 aromatic heterocycles. The minimum Gasteiger partial charge on any atom is -0.353 e. The van der Waals surface area contributed by atoms with E-state index >= 15 is 0 Å². The fourth-order valence-corrected chi connectivity index (χ4v) is 2.99. The number of carbonyl (C=O) groups excluding carboxylic acids is 1. The third-order valence-electron chi connectivity index (χ3n) is 4.77. The molecule has 1 saturated heterocycles. The Morgan fingerprint density at radius 2 is 2.00 bits per heavy atom. The van der Waals surface area contributed by atoms with Crippen LogP contribution >= 0.6 is 11.6 Å². The summed E-state index contributed by atoms with van der Waals surface area (Å²) in [4.78, 5) is 14.4. The summed E-state index contributed by atoms with van der Waals surface area (Å²) in [6.07, 6.45) is 1.62. The van der Waals surface area contributed by atoms with Crippen LogP contribution in [0.4, 0.5) is 4.39 Å². The van der Waals surface area contributed by atoms with Crippen molar-refractivity contribution in [1.82, 2.24) is 10.2 Å². The number of amides is 1. The molecule has 0 aliphatic carbocycles. The van der Waals surface area contributed by atoms with E-state index < -0.39 is 0 Å². The zero-order chi connectivity index (χ0) is 17.0. The van der Waals surface area contributed by atoms with Gasteiger partial charge in [0.25, 0.3) is 0 Å². The highest BCUT2D eigenvalue weighted by molar-refractivity contribution is 6.31. The average molecular weight is 341 g/mol. The number of hydrogen-bond acceptors (Lipinski definition) is 2. The van der Waals surface area contributed by atoms with Gasteiger partial charge in [0, 0.05) is 29.1 Å². The van der Waals surface area contributed by atoms with Crippen LogP contribution in [0, 0.1) is 17.7 Å². The summed E-state index contributed by atoms with van der Waals surface area (Å²) in [7, 11) is 0. The van der Waals surface area contributed by atoms with Crippen molar-refractivity contribution >= 4 is 17.5 Å². The standard InChI is InChI=1S/C18H26ClFN2O/c1-12(2)13(3)21-18(23)14-7-9-22(10-8-14)11-15-16(19)5-4-6-17(15)20/h4-6,12-14H,7-11H2,1-3H3,(H,21,23)/t13-/m0/s1. The zero-order valence-electron chi connectivity index (χ0n) is 14.1. The predicted octanol–water partition coefficient (Wildman–Crippen LogP) is 3.85. The van der Waals surface area contributed by atoms with E-state index in [1.165, 1.54) is 6.07 Å². The Kier molecular flexibility index (Phi) is 6.42. The molecule has 3 nitrogen and oxygen atoms in total. The maximum absolute atomic E-state index is 13.9. The summed E-state index contributed by atoms with van der Waals surface area (Å²) in [5.74, 6) is 0.378. The van der Waals surface area contributed by atoms with Crippen molar-refractivity contribution < 1.29 is 9.18 Å². The van der Waals surface area contributed by atoms with E-state index in [0.717, 1.165) is 25.9 Å². The van der Waals surface area contributed by atoms with E-state index in [1.54, 1.807) is 12.1 Å². The number of piperidine rings is 1. The molecule has 0 spiro atoms. The van der Waals surface area contributed by atoms with Crippen LogP contribution in [0.2, 0.25) is 5.02 Å². The van der Waals surface area contributed by atoms with E-state index in [0.29, 0.717) is 23.0 Å². The van der Waals surface area contributed by atoms with E-state index in [2.05, 4.69) is 24.1 Å². The first-order valence-electron chi connectivity index (χ1n) is 8.34. The summed E-state index contributed by atoms with van der Waals surface area (Å²) >= 11 is 6.08. The van der Waals surface area contributed by atoms with E-state index in [9.17, 15) is 9.18 Å². The average Bonchev–Trinajstić information content (AvgIpc) is 2.51. The molecule has 5 heteroatoms. The number of hydrogen-bond donors (Lipinski definition) is 1. The Balaban J connectivity index is 1.85. The number of benzene rings is 1. The first-order valence-corrected chi connectivity index (χ1v) is 8.72. The van der Waals surface area contributed by atoms with Gasteiger partial charge < -0.3 is 5.32 Å². The second kappa shape index (κ2) is 8.11. The van der Waals surface area contributed by atoms with Crippen molar-refractivity contribution in [2.75, 3.05) is 13.1 Å². The Labute approximate surface area is 143 Å². The van der Waals surface area contributed by atoms with Gasteiger partial charge in [0.1, 0.15) is 5.82 Å². The lowest BCUT2D eigenvalue weighted by molar-refractivity contribution is -0.127. The van der Waals surface area contributed by atoms with Crippen LogP contribution in [-0.4, -0.2) is 29.9 Å². The maximum atomic E-state index is 13.9. The molecule has 1 aromatic rings. The monoisotopic (exact) mass is 340 g/mol. The van der Waals surface area contributed by atoms with Gasteiger partial charge in [-0.2, -0.15) is 0 Å². The Hall–Kier alpha value is -1.13. The summed E-state index contributed by atoms with van der Waals surface area (Å²) in [6, 6.07) is 4.97. The van der Waals surface area contributed by atoms with Crippen LogP contribution in [-0.2, 0) is 11.3 Å². The quantitative estimate of drug-likeness (QED) is 0.883. The summed E-state index contributed by atoms with van der Waals surface area (Å²) in [5.41, 5.74) is 0.547. The lowest BCUT2D eigenvalue weighted by atomic mass is 9.94. The molecule has 0 bridgehead atoms. The summed E-state index contributed by atoms with van der Waals surface area (Å²) in [5, 5.41) is 3.56. The van der Waals surface area contributed by atoms with Crippen molar-refractivity contribution in [1.29, 1.82) is 0 Å². The Morgan fingerprint density at radius 3 is 2.57 bits per heavy atom. The molecule has 0 unspecified atom stereocenters. The van der Waals surface area contributed by atoms with Gasteiger partial charge in [-0.15, -0.1) is 0 Å². The molecular weight excluding hydrogens is 315 g/mol. The van der Waals surface area contributed by atoms with Gasteiger partial charge in [0.15, 0.2) is 0 Å². The minimum absolute atomic E-state index is 0.0588. The lowest BCUT2D eigenvalue weighted by Crippen LogP contribution is -2.44. The molecule has 2 rings (SSSR count). The van der Waals surface area contributed by atoms with Gasteiger partial charge in [0.05, 0.1) is 0 Å². The first-order chi connectivity index (χ1) is 10.9. The van der Waals surface area contributed by atoms with E-state index in [-0.39, 0.29) is 23.7 Å². The number of nitrogens with zero attached hydrogens (tertiary/aromatic N) is 1. The molecule has 1 fully saturated rings. The molecule has 1 aliphatic rings. The van der Waals surface area contributed by atoms with Crippen LogP contribution < -0.4 is 5.32 Å². The molecule has 128 valence electrons. The fourth-order valence-electron chi connectivity index (χ4n) is 2.77. The topological polar surface area (TPSA) is 32.3 Å². The molecule has 1 heterocycles. The number of carbonyl (C=O) groups is 1. The molecule has 0 radical (unpaired) electrons. The smallest absolute Gasteiger partial charge is 0.223 e. The fraction of sp³-hybridized carbons (Fsp3) is 0.611. The number of halogens is 2. The molecule has 1 N–H and O–H groups in total. The maximum Gasteiger partial charge on any atom is 0.223 e. The molecule has 1 atom stereocenters. The minimum atomic E-state index is -0.261. The van der Waals surface area contributed by atoms with Gasteiger partial charge in [0.2, 0.25) is 5.91 Å². The van der Waals surface area contributed by atoms with Crippen LogP contribution in [0.5, 0.6) is 0 Å². The second-order valence-corrected chi connectivity index (χ2v) is 7.20. The molecule has 1 aliphatic heterocycles. The number of likely N-dealkylation sites (tertiary alicyclic amines) is 1. The summed E-state index contributed by atoms with van der Waals surface area (Å²) < 4.78 is 13.9. The van der Waals surface area contributed by atoms with Crippen molar-refractivity contribution in [2.24, 2.45) is 11.8 Å². The van der Waals surface area contributed by atoms with Crippen molar-refractivity contribution in [3.05, 3.63) is 34.6 Å². The normalized spacial score (nSPS) is 18.2. The highest BCUT2D eigenvalue weighted by atomic mass is 35.5. The molecule has 1 aromatic carbocycles. The third-order valence-corrected chi connectivity index (χ3v) is 5.13. The van der Waals surface area contributed by atoms with Crippen LogP contribution in [0.25, 0.3) is 0 Å². The Bertz CT molecular complexity index is 522. The number of nitrogens with one attached hydrogen (secondary N) is 1. The van der Waals surface area contributed by atoms with Gasteiger partial charge in [-0.1, -0.05) is 31.5 Å². The molecule has 23 heavy (non-hydrogen) atoms. The number of rotatable bonds is 5. The zero-order valence-corrected chi connectivity index (χ0v) is 14.9. The van der Waals surface area contributed by atoms with Crippen molar-refractivity contribution in [2.45, 2.75) is 46.2 Å². The van der Waals surface area contributed by atoms with Gasteiger partial charge in [-0.05, 0) is 50.9 Å². The third kappa shape index (κ3) is 4.92. The summed E-state index contributed by atoms with van der Waals surface area (Å²) in [6.45, 7) is 8.33. The highest BCUT2D eigenvalue weighted by Crippen LogP contribution is 2.24. The SMILES string of the molecule is CC(C)[C@H](C)NC(=O)C1CCN(Cc2c(F)cccc2Cl)CC1. The molecule has 1 amide bonds. The van der Waals surface area contributed by atoms with Crippen molar-refractivity contribution in [3.8, 4) is 0 Å². The van der Waals surface area contributed by atoms with E-state index in [4.69, 9.17) is 11.6 Å². The van der Waals surface area contributed by atoms with Crippen LogP contribution in [0.15, 0.2) is 18.2 Å².